The first kappa shape index (κ1) is 29.8. The molecule has 1 aliphatic rings. The highest BCUT2D eigenvalue weighted by Crippen LogP contribution is 2.10. The molecular weight excluding hydrogens is 440 g/mol. The number of carboxylic acids is 1. The van der Waals surface area contributed by atoms with Gasteiger partial charge in [0.05, 0.1) is 6.04 Å². The number of hydrogen-bond donors (Lipinski definition) is 7. The molecule has 0 spiro atoms. The maximum atomic E-state index is 13.1. The first-order valence-electron chi connectivity index (χ1n) is 12.5. The molecule has 9 N–H and O–H groups in total. The summed E-state index contributed by atoms with van der Waals surface area (Å²) < 4.78 is 0. The number of carbonyl (C=O) groups excluding carboxylic acids is 3. The molecule has 1 fully saturated rings. The van der Waals surface area contributed by atoms with Crippen LogP contribution in [-0.2, 0) is 19.2 Å². The van der Waals surface area contributed by atoms with Gasteiger partial charge < -0.3 is 37.8 Å². The topological polar surface area (TPSA) is 189 Å². The standard InChI is InChI=1S/C23H44N6O5/c1-15(2)14-19(23(33)34)29-22(32)18(9-4-6-12-25)28-21(31)17(8-3-5-11-24)27-20(30)16-10-7-13-26-16/h15-19,26H,3-14,24-25H2,1-2H3,(H,27,30)(H,28,31)(H,29,32)(H,33,34). The Bertz CT molecular complexity index is 654. The Hall–Kier alpha value is -2.24. The van der Waals surface area contributed by atoms with E-state index in [0.717, 1.165) is 13.0 Å². The molecule has 196 valence electrons. The van der Waals surface area contributed by atoms with E-state index < -0.39 is 35.9 Å². The number of carboxylic acid groups (broad SMARTS) is 1. The van der Waals surface area contributed by atoms with Gasteiger partial charge in [-0.2, -0.15) is 0 Å². The van der Waals surface area contributed by atoms with E-state index in [1.807, 2.05) is 13.8 Å². The van der Waals surface area contributed by atoms with Gasteiger partial charge in [-0.05, 0) is 83.3 Å². The van der Waals surface area contributed by atoms with Crippen molar-refractivity contribution < 1.29 is 24.3 Å². The highest BCUT2D eigenvalue weighted by atomic mass is 16.4. The third kappa shape index (κ3) is 11.3. The molecule has 0 aliphatic carbocycles. The summed E-state index contributed by atoms with van der Waals surface area (Å²) in [5.41, 5.74) is 11.1. The van der Waals surface area contributed by atoms with Crippen LogP contribution in [0.5, 0.6) is 0 Å². The minimum Gasteiger partial charge on any atom is -0.480 e. The van der Waals surface area contributed by atoms with Gasteiger partial charge in [0, 0.05) is 0 Å². The van der Waals surface area contributed by atoms with Crippen LogP contribution in [0.1, 0.15) is 71.6 Å². The fourth-order valence-corrected chi connectivity index (χ4v) is 3.94. The van der Waals surface area contributed by atoms with E-state index in [0.29, 0.717) is 58.0 Å². The predicted octanol–water partition coefficient (Wildman–Crippen LogP) is -0.418. The van der Waals surface area contributed by atoms with E-state index in [9.17, 15) is 24.3 Å². The Kier molecular flexibility index (Phi) is 14.4. The van der Waals surface area contributed by atoms with E-state index >= 15 is 0 Å². The van der Waals surface area contributed by atoms with Crippen molar-refractivity contribution in [3.63, 3.8) is 0 Å². The third-order valence-corrected chi connectivity index (χ3v) is 5.86. The summed E-state index contributed by atoms with van der Waals surface area (Å²) in [7, 11) is 0. The average molecular weight is 485 g/mol. The summed E-state index contributed by atoms with van der Waals surface area (Å²) >= 11 is 0. The molecule has 1 heterocycles. The SMILES string of the molecule is CC(C)CC(NC(=O)C(CCCCN)NC(=O)C(CCCCN)NC(=O)C1CCCN1)C(=O)O. The maximum absolute atomic E-state index is 13.1. The zero-order valence-electron chi connectivity index (χ0n) is 20.6. The molecular formula is C23H44N6O5. The molecule has 34 heavy (non-hydrogen) atoms. The molecule has 4 atom stereocenters. The zero-order valence-corrected chi connectivity index (χ0v) is 20.6. The van der Waals surface area contributed by atoms with E-state index in [4.69, 9.17) is 11.5 Å². The van der Waals surface area contributed by atoms with Crippen LogP contribution in [0.4, 0.5) is 0 Å². The first-order valence-corrected chi connectivity index (χ1v) is 12.5. The van der Waals surface area contributed by atoms with Gasteiger partial charge >= 0.3 is 5.97 Å². The monoisotopic (exact) mass is 484 g/mol. The minimum absolute atomic E-state index is 0.0676. The highest BCUT2D eigenvalue weighted by molar-refractivity contribution is 5.94. The van der Waals surface area contributed by atoms with Crippen molar-refractivity contribution in [3.8, 4) is 0 Å². The number of rotatable bonds is 17. The number of carbonyl (C=O) groups is 4. The molecule has 11 nitrogen and oxygen atoms in total. The summed E-state index contributed by atoms with van der Waals surface area (Å²) in [5, 5.41) is 20.7. The van der Waals surface area contributed by atoms with Crippen molar-refractivity contribution in [3.05, 3.63) is 0 Å². The predicted molar refractivity (Wildman–Crippen MR) is 130 cm³/mol. The molecule has 3 amide bonds. The summed E-state index contributed by atoms with van der Waals surface area (Å²) in [6.07, 6.45) is 5.19. The molecule has 1 rings (SSSR count). The Balaban J connectivity index is 2.90. The molecule has 11 heteroatoms. The molecule has 0 bridgehead atoms. The van der Waals surface area contributed by atoms with Gasteiger partial charge in [-0.1, -0.05) is 13.8 Å². The quantitative estimate of drug-likeness (QED) is 0.135. The van der Waals surface area contributed by atoms with Gasteiger partial charge in [0.15, 0.2) is 0 Å². The van der Waals surface area contributed by atoms with Gasteiger partial charge in [-0.25, -0.2) is 4.79 Å². The minimum atomic E-state index is -1.12. The first-order chi connectivity index (χ1) is 16.2. The van der Waals surface area contributed by atoms with Gasteiger partial charge in [0.1, 0.15) is 18.1 Å². The molecule has 0 radical (unpaired) electrons. The Morgan fingerprint density at radius 1 is 0.882 bits per heavy atom. The molecule has 0 aromatic rings. The molecule has 4 unspecified atom stereocenters. The van der Waals surface area contributed by atoms with Crippen molar-refractivity contribution in [1.29, 1.82) is 0 Å². The van der Waals surface area contributed by atoms with E-state index in [2.05, 4.69) is 21.3 Å². The lowest BCUT2D eigenvalue weighted by atomic mass is 10.0. The van der Waals surface area contributed by atoms with Crippen LogP contribution < -0.4 is 32.7 Å². The van der Waals surface area contributed by atoms with E-state index in [1.165, 1.54) is 0 Å². The lowest BCUT2D eigenvalue weighted by molar-refractivity contribution is -0.142. The number of nitrogens with two attached hydrogens (primary N) is 2. The number of nitrogens with one attached hydrogen (secondary N) is 4. The summed E-state index contributed by atoms with van der Waals surface area (Å²) in [4.78, 5) is 50.3. The average Bonchev–Trinajstić information content (AvgIpc) is 3.32. The van der Waals surface area contributed by atoms with Gasteiger partial charge in [-0.3, -0.25) is 14.4 Å². The highest BCUT2D eigenvalue weighted by Gasteiger charge is 2.31. The Morgan fingerprint density at radius 2 is 1.41 bits per heavy atom. The number of aliphatic carboxylic acids is 1. The van der Waals surface area contributed by atoms with Crippen molar-refractivity contribution in [1.82, 2.24) is 21.3 Å². The third-order valence-electron chi connectivity index (χ3n) is 5.86. The molecule has 1 aliphatic heterocycles. The van der Waals surface area contributed by atoms with Gasteiger partial charge in [0.2, 0.25) is 17.7 Å². The lowest BCUT2D eigenvalue weighted by Crippen LogP contribution is -2.57. The normalized spacial score (nSPS) is 18.2. The van der Waals surface area contributed by atoms with Crippen LogP contribution >= 0.6 is 0 Å². The second-order valence-corrected chi connectivity index (χ2v) is 9.37. The fourth-order valence-electron chi connectivity index (χ4n) is 3.94. The number of unbranched alkanes of at least 4 members (excludes halogenated alkanes) is 2. The van der Waals surface area contributed by atoms with E-state index in [-0.39, 0.29) is 24.3 Å². The molecule has 0 aromatic carbocycles. The van der Waals surface area contributed by atoms with Crippen LogP contribution in [0.2, 0.25) is 0 Å². The number of hydrogen-bond acceptors (Lipinski definition) is 7. The van der Waals surface area contributed by atoms with Crippen molar-refractivity contribution in [2.24, 2.45) is 17.4 Å². The van der Waals surface area contributed by atoms with Crippen LogP contribution in [0.15, 0.2) is 0 Å². The zero-order chi connectivity index (χ0) is 25.5. The van der Waals surface area contributed by atoms with Crippen LogP contribution in [0, 0.1) is 5.92 Å². The fraction of sp³-hybridized carbons (Fsp3) is 0.826. The molecule has 0 aromatic heterocycles. The lowest BCUT2D eigenvalue weighted by Gasteiger charge is -2.25. The summed E-state index contributed by atoms with van der Waals surface area (Å²) in [6, 6.07) is -3.11. The smallest absolute Gasteiger partial charge is 0.326 e. The second kappa shape index (κ2) is 16.4. The molecule has 1 saturated heterocycles. The van der Waals surface area contributed by atoms with Crippen molar-refractivity contribution >= 4 is 23.7 Å². The van der Waals surface area contributed by atoms with Gasteiger partial charge in [0.25, 0.3) is 0 Å². The summed E-state index contributed by atoms with van der Waals surface area (Å²) in [5.74, 6) is -2.31. The largest absolute Gasteiger partial charge is 0.480 e. The van der Waals surface area contributed by atoms with Crippen LogP contribution in [0.25, 0.3) is 0 Å². The maximum Gasteiger partial charge on any atom is 0.326 e. The van der Waals surface area contributed by atoms with Gasteiger partial charge in [-0.15, -0.1) is 0 Å². The Labute approximate surface area is 202 Å². The molecule has 0 saturated carbocycles. The van der Waals surface area contributed by atoms with Crippen LogP contribution in [-0.4, -0.2) is 72.6 Å². The second-order valence-electron chi connectivity index (χ2n) is 9.37. The van der Waals surface area contributed by atoms with Crippen molar-refractivity contribution in [2.75, 3.05) is 19.6 Å². The van der Waals surface area contributed by atoms with Crippen molar-refractivity contribution in [2.45, 2.75) is 95.8 Å². The van der Waals surface area contributed by atoms with E-state index in [1.54, 1.807) is 0 Å². The number of amides is 3. The summed E-state index contributed by atoms with van der Waals surface area (Å²) in [6.45, 7) is 5.42. The van der Waals surface area contributed by atoms with Crippen LogP contribution in [0.3, 0.4) is 0 Å². The Morgan fingerprint density at radius 3 is 1.85 bits per heavy atom.